The molecule has 2 N–H and O–H groups in total. The Hall–Kier alpha value is -2.56. The Morgan fingerprint density at radius 3 is 2.42 bits per heavy atom. The number of nitrogens with zero attached hydrogens (tertiary/aromatic N) is 1. The first-order valence-corrected chi connectivity index (χ1v) is 11.4. The number of hydrogen-bond acceptors (Lipinski definition) is 4. The highest BCUT2D eigenvalue weighted by atomic mass is 79.9. The monoisotopic (exact) mass is 529 g/mol. The summed E-state index contributed by atoms with van der Waals surface area (Å²) in [6.45, 7) is 0. The number of carbonyl (C=O) groups is 1. The third-order valence-corrected chi connectivity index (χ3v) is 6.64. The molecule has 0 aliphatic heterocycles. The van der Waals surface area contributed by atoms with Gasteiger partial charge in [0.2, 0.25) is 0 Å². The summed E-state index contributed by atoms with van der Waals surface area (Å²) in [5.41, 5.74) is 0.590. The van der Waals surface area contributed by atoms with E-state index in [2.05, 4.69) is 26.2 Å². The molecule has 0 saturated heterocycles. The number of halogens is 4. The van der Waals surface area contributed by atoms with Crippen LogP contribution in [0.4, 0.5) is 13.6 Å². The summed E-state index contributed by atoms with van der Waals surface area (Å²) in [6, 6.07) is 9.96. The van der Waals surface area contributed by atoms with Crippen LogP contribution in [0.15, 0.2) is 70.2 Å². The zero-order chi connectivity index (χ0) is 22.6. The van der Waals surface area contributed by atoms with Gasteiger partial charge in [0.1, 0.15) is 16.5 Å². The van der Waals surface area contributed by atoms with Crippen LogP contribution in [0.25, 0.3) is 0 Å². The smallest absolute Gasteiger partial charge is 0.329 e. The molecule has 0 fully saturated rings. The van der Waals surface area contributed by atoms with Crippen LogP contribution in [0.3, 0.4) is 0 Å². The lowest BCUT2D eigenvalue weighted by Crippen LogP contribution is -2.42. The van der Waals surface area contributed by atoms with E-state index in [0.29, 0.717) is 10.2 Å². The van der Waals surface area contributed by atoms with Crippen LogP contribution < -0.4 is 10.0 Å². The van der Waals surface area contributed by atoms with Crippen LogP contribution in [-0.2, 0) is 16.4 Å². The first-order valence-electron chi connectivity index (χ1n) is 8.79. The lowest BCUT2D eigenvalue weighted by atomic mass is 10.0. The van der Waals surface area contributed by atoms with Crippen molar-refractivity contribution in [3.63, 3.8) is 0 Å². The number of nitrogens with one attached hydrogen (secondary N) is 2. The number of amides is 2. The molecule has 0 aliphatic carbocycles. The van der Waals surface area contributed by atoms with Crippen molar-refractivity contribution < 1.29 is 22.0 Å². The van der Waals surface area contributed by atoms with Gasteiger partial charge in [-0.25, -0.2) is 26.7 Å². The van der Waals surface area contributed by atoms with Crippen molar-refractivity contribution in [1.82, 2.24) is 15.0 Å². The largest absolute Gasteiger partial charge is 0.329 e. The fourth-order valence-corrected chi connectivity index (χ4v) is 4.83. The van der Waals surface area contributed by atoms with Crippen molar-refractivity contribution in [2.24, 2.45) is 0 Å². The summed E-state index contributed by atoms with van der Waals surface area (Å²) >= 11 is 9.23. The highest BCUT2D eigenvalue weighted by Crippen LogP contribution is 2.25. The predicted octanol–water partition coefficient (Wildman–Crippen LogP) is 4.75. The standard InChI is InChI=1S/C20H15BrClF2N3O3S/c21-15-4-3-7-25-19(15)17(10-12-8-13(23)11-14(24)9-12)26-20(28)27-31(29,30)18-6-2-1-5-16(18)22/h1-9,11,17H,10H2,(H2,26,27,28)/t17-/m1/s1. The number of hydrogen-bond donors (Lipinski definition) is 2. The molecule has 162 valence electrons. The molecule has 1 aromatic heterocycles. The van der Waals surface area contributed by atoms with Crippen molar-refractivity contribution in [3.05, 3.63) is 93.2 Å². The second-order valence-electron chi connectivity index (χ2n) is 6.41. The third-order valence-electron chi connectivity index (χ3n) is 4.14. The van der Waals surface area contributed by atoms with Gasteiger partial charge in [-0.15, -0.1) is 0 Å². The van der Waals surface area contributed by atoms with Gasteiger partial charge in [0.15, 0.2) is 0 Å². The molecule has 3 aromatic rings. The number of carbonyl (C=O) groups excluding carboxylic acids is 1. The lowest BCUT2D eigenvalue weighted by molar-refractivity contribution is 0.241. The van der Waals surface area contributed by atoms with Crippen LogP contribution in [0.2, 0.25) is 5.02 Å². The van der Waals surface area contributed by atoms with Crippen molar-refractivity contribution >= 4 is 43.6 Å². The Labute approximate surface area is 190 Å². The van der Waals surface area contributed by atoms with Gasteiger partial charge in [-0.1, -0.05) is 23.7 Å². The molecule has 0 bridgehead atoms. The topological polar surface area (TPSA) is 88.2 Å². The zero-order valence-corrected chi connectivity index (χ0v) is 18.8. The summed E-state index contributed by atoms with van der Waals surface area (Å²) in [5.74, 6) is -1.56. The number of benzene rings is 2. The number of sulfonamides is 1. The van der Waals surface area contributed by atoms with Crippen LogP contribution in [0.5, 0.6) is 0 Å². The van der Waals surface area contributed by atoms with Crippen LogP contribution in [0, 0.1) is 11.6 Å². The normalized spacial score (nSPS) is 12.3. The minimum absolute atomic E-state index is 0.0517. The van der Waals surface area contributed by atoms with E-state index in [0.717, 1.165) is 18.2 Å². The average molecular weight is 531 g/mol. The van der Waals surface area contributed by atoms with Crippen LogP contribution in [-0.4, -0.2) is 19.4 Å². The van der Waals surface area contributed by atoms with E-state index >= 15 is 0 Å². The molecule has 0 spiro atoms. The van der Waals surface area contributed by atoms with Gasteiger partial charge in [-0.05, 0) is 64.3 Å². The van der Waals surface area contributed by atoms with E-state index in [4.69, 9.17) is 11.6 Å². The fraction of sp³-hybridized carbons (Fsp3) is 0.100. The highest BCUT2D eigenvalue weighted by Gasteiger charge is 2.24. The molecule has 0 radical (unpaired) electrons. The van der Waals surface area contributed by atoms with Crippen molar-refractivity contribution in [3.8, 4) is 0 Å². The van der Waals surface area contributed by atoms with E-state index < -0.39 is 33.7 Å². The molecule has 11 heteroatoms. The Morgan fingerprint density at radius 1 is 1.10 bits per heavy atom. The maximum atomic E-state index is 13.6. The molecule has 0 saturated carbocycles. The third kappa shape index (κ3) is 5.99. The summed E-state index contributed by atoms with van der Waals surface area (Å²) in [7, 11) is -4.26. The lowest BCUT2D eigenvalue weighted by Gasteiger charge is -2.20. The maximum absolute atomic E-state index is 13.6. The second kappa shape index (κ2) is 9.71. The van der Waals surface area contributed by atoms with Gasteiger partial charge >= 0.3 is 6.03 Å². The van der Waals surface area contributed by atoms with Crippen LogP contribution >= 0.6 is 27.5 Å². The van der Waals surface area contributed by atoms with Gasteiger partial charge in [0, 0.05) is 16.7 Å². The molecule has 31 heavy (non-hydrogen) atoms. The maximum Gasteiger partial charge on any atom is 0.329 e. The van der Waals surface area contributed by atoms with Gasteiger partial charge in [-0.3, -0.25) is 4.98 Å². The predicted molar refractivity (Wildman–Crippen MR) is 115 cm³/mol. The van der Waals surface area contributed by atoms with Crippen molar-refractivity contribution in [2.45, 2.75) is 17.4 Å². The van der Waals surface area contributed by atoms with E-state index in [1.54, 1.807) is 18.2 Å². The van der Waals surface area contributed by atoms with E-state index in [1.165, 1.54) is 24.4 Å². The highest BCUT2D eigenvalue weighted by molar-refractivity contribution is 9.10. The average Bonchev–Trinajstić information content (AvgIpc) is 2.67. The molecule has 1 heterocycles. The number of urea groups is 1. The SMILES string of the molecule is O=C(N[C@H](Cc1cc(F)cc(F)c1)c1ncccc1Br)NS(=O)(=O)c1ccccc1Cl. The van der Waals surface area contributed by atoms with E-state index in [9.17, 15) is 22.0 Å². The van der Waals surface area contributed by atoms with Gasteiger partial charge in [0.25, 0.3) is 10.0 Å². The van der Waals surface area contributed by atoms with E-state index in [-0.39, 0.29) is 21.9 Å². The number of rotatable bonds is 6. The van der Waals surface area contributed by atoms with Crippen molar-refractivity contribution in [1.29, 1.82) is 0 Å². The minimum Gasteiger partial charge on any atom is -0.329 e. The molecular weight excluding hydrogens is 516 g/mol. The molecule has 0 unspecified atom stereocenters. The molecule has 2 amide bonds. The molecule has 0 aliphatic rings. The van der Waals surface area contributed by atoms with E-state index in [1.807, 2.05) is 4.72 Å². The first-order chi connectivity index (χ1) is 14.7. The Kier molecular flexibility index (Phi) is 7.24. The zero-order valence-electron chi connectivity index (χ0n) is 15.7. The van der Waals surface area contributed by atoms with Gasteiger partial charge in [0.05, 0.1) is 16.8 Å². The molecule has 1 atom stereocenters. The summed E-state index contributed by atoms with van der Waals surface area (Å²) in [6.07, 6.45) is 1.42. The quantitative estimate of drug-likeness (QED) is 0.482. The minimum atomic E-state index is -4.26. The summed E-state index contributed by atoms with van der Waals surface area (Å²) in [5, 5.41) is 2.44. The molecule has 2 aromatic carbocycles. The molecule has 6 nitrogen and oxygen atoms in total. The Morgan fingerprint density at radius 2 is 1.77 bits per heavy atom. The van der Waals surface area contributed by atoms with Crippen LogP contribution in [0.1, 0.15) is 17.3 Å². The number of aromatic nitrogens is 1. The summed E-state index contributed by atoms with van der Waals surface area (Å²) < 4.78 is 54.7. The van der Waals surface area contributed by atoms with Gasteiger partial charge in [-0.2, -0.15) is 0 Å². The number of pyridine rings is 1. The van der Waals surface area contributed by atoms with Gasteiger partial charge < -0.3 is 5.32 Å². The summed E-state index contributed by atoms with van der Waals surface area (Å²) in [4.78, 5) is 16.5. The fourth-order valence-electron chi connectivity index (χ4n) is 2.86. The Bertz CT molecular complexity index is 1210. The van der Waals surface area contributed by atoms with Crippen molar-refractivity contribution in [2.75, 3.05) is 0 Å². The molecule has 3 rings (SSSR count). The first kappa shape index (κ1) is 23.1. The second-order valence-corrected chi connectivity index (χ2v) is 9.33. The Balaban J connectivity index is 1.87. The molecular formula is C20H15BrClF2N3O3S.